The molecule has 0 bridgehead atoms. The van der Waals surface area contributed by atoms with E-state index in [4.69, 9.17) is 4.74 Å². The van der Waals surface area contributed by atoms with Crippen LogP contribution in [0.4, 0.5) is 0 Å². The van der Waals surface area contributed by atoms with Crippen LogP contribution in [0.3, 0.4) is 0 Å². The Morgan fingerprint density at radius 2 is 1.31 bits per heavy atom. The summed E-state index contributed by atoms with van der Waals surface area (Å²) in [5.41, 5.74) is 0. The van der Waals surface area contributed by atoms with E-state index in [1.54, 1.807) is 0 Å². The Morgan fingerprint density at radius 3 is 1.54 bits per heavy atom. The van der Waals surface area contributed by atoms with Gasteiger partial charge in [-0.25, -0.2) is 0 Å². The van der Waals surface area contributed by atoms with E-state index in [2.05, 4.69) is 10.6 Å². The lowest BCUT2D eigenvalue weighted by Gasteiger charge is -2.27. The van der Waals surface area contributed by atoms with Crippen molar-refractivity contribution in [1.29, 1.82) is 0 Å². The number of rotatable bonds is 2. The van der Waals surface area contributed by atoms with Gasteiger partial charge in [-0.15, -0.1) is 0 Å². The first-order chi connectivity index (χ1) is 6.27. The molecule has 5 nitrogen and oxygen atoms in total. The van der Waals surface area contributed by atoms with Gasteiger partial charge >= 0.3 is 11.9 Å². The highest BCUT2D eigenvalue weighted by Gasteiger charge is 2.32. The number of hydrogen-bond acceptors (Lipinski definition) is 5. The number of carbonyl (C=O) groups excluding carboxylic acids is 2. The molecule has 0 aromatic carbocycles. The summed E-state index contributed by atoms with van der Waals surface area (Å²) < 4.78 is 4.70. The van der Waals surface area contributed by atoms with Crippen LogP contribution < -0.4 is 10.6 Å². The summed E-state index contributed by atoms with van der Waals surface area (Å²) in [6.45, 7) is 2.54. The zero-order valence-corrected chi connectivity index (χ0v) is 7.21. The SMILES string of the molecule is O=C(OC(=O)C1CNC1)C1CNC1. The second-order valence-electron chi connectivity index (χ2n) is 3.45. The van der Waals surface area contributed by atoms with Crippen molar-refractivity contribution in [3.05, 3.63) is 0 Å². The number of hydrogen-bond donors (Lipinski definition) is 2. The molecule has 0 aromatic rings. The van der Waals surface area contributed by atoms with Gasteiger partial charge in [-0.1, -0.05) is 0 Å². The fraction of sp³-hybridized carbons (Fsp3) is 0.750. The summed E-state index contributed by atoms with van der Waals surface area (Å²) in [5, 5.41) is 5.90. The van der Waals surface area contributed by atoms with E-state index in [0.717, 1.165) is 0 Å². The van der Waals surface area contributed by atoms with Gasteiger partial charge < -0.3 is 15.4 Å². The molecule has 2 N–H and O–H groups in total. The molecule has 2 aliphatic rings. The van der Waals surface area contributed by atoms with E-state index in [-0.39, 0.29) is 23.8 Å². The molecular weight excluding hydrogens is 172 g/mol. The molecule has 0 saturated carbocycles. The summed E-state index contributed by atoms with van der Waals surface area (Å²) in [5.74, 6) is -0.986. The Hall–Kier alpha value is -0.940. The van der Waals surface area contributed by atoms with Crippen LogP contribution in [-0.2, 0) is 14.3 Å². The van der Waals surface area contributed by atoms with Crippen LogP contribution in [0.15, 0.2) is 0 Å². The van der Waals surface area contributed by atoms with Crippen molar-refractivity contribution in [2.45, 2.75) is 0 Å². The molecule has 0 aliphatic carbocycles. The normalized spacial score (nSPS) is 23.1. The van der Waals surface area contributed by atoms with Gasteiger partial charge in [0.25, 0.3) is 0 Å². The average molecular weight is 184 g/mol. The van der Waals surface area contributed by atoms with Gasteiger partial charge in [0.2, 0.25) is 0 Å². The summed E-state index contributed by atoms with van der Waals surface area (Å²) >= 11 is 0. The first-order valence-corrected chi connectivity index (χ1v) is 4.44. The first kappa shape index (κ1) is 8.65. The van der Waals surface area contributed by atoms with Gasteiger partial charge in [0, 0.05) is 26.2 Å². The molecule has 0 atom stereocenters. The maximum absolute atomic E-state index is 11.2. The predicted octanol–water partition coefficient (Wildman–Crippen LogP) is -1.50. The van der Waals surface area contributed by atoms with Crippen LogP contribution in [-0.4, -0.2) is 38.1 Å². The zero-order valence-electron chi connectivity index (χ0n) is 7.21. The van der Waals surface area contributed by atoms with Crippen molar-refractivity contribution >= 4 is 11.9 Å². The van der Waals surface area contributed by atoms with E-state index >= 15 is 0 Å². The minimum absolute atomic E-state index is 0.114. The minimum atomic E-state index is -0.379. The Labute approximate surface area is 75.8 Å². The molecular formula is C8H12N2O3. The van der Waals surface area contributed by atoms with Crippen LogP contribution in [0.25, 0.3) is 0 Å². The molecule has 0 unspecified atom stereocenters. The smallest absolute Gasteiger partial charge is 0.319 e. The quantitative estimate of drug-likeness (QED) is 0.403. The van der Waals surface area contributed by atoms with Crippen LogP contribution in [0.5, 0.6) is 0 Å². The minimum Gasteiger partial charge on any atom is -0.393 e. The molecule has 0 spiro atoms. The Kier molecular flexibility index (Phi) is 2.28. The molecule has 2 heterocycles. The third kappa shape index (κ3) is 1.71. The Balaban J connectivity index is 1.75. The summed E-state index contributed by atoms with van der Waals surface area (Å²) in [4.78, 5) is 22.4. The lowest BCUT2D eigenvalue weighted by atomic mass is 10.0. The highest BCUT2D eigenvalue weighted by molar-refractivity contribution is 5.89. The van der Waals surface area contributed by atoms with E-state index in [1.165, 1.54) is 0 Å². The van der Waals surface area contributed by atoms with Crippen molar-refractivity contribution in [3.63, 3.8) is 0 Å². The van der Waals surface area contributed by atoms with Gasteiger partial charge in [0.15, 0.2) is 0 Å². The van der Waals surface area contributed by atoms with Crippen LogP contribution in [0.2, 0.25) is 0 Å². The topological polar surface area (TPSA) is 67.4 Å². The van der Waals surface area contributed by atoms with Crippen molar-refractivity contribution in [2.24, 2.45) is 11.8 Å². The lowest BCUT2D eigenvalue weighted by molar-refractivity contribution is -0.167. The third-order valence-corrected chi connectivity index (χ3v) is 2.43. The largest absolute Gasteiger partial charge is 0.393 e. The predicted molar refractivity (Wildman–Crippen MR) is 43.8 cm³/mol. The van der Waals surface area contributed by atoms with E-state index in [1.807, 2.05) is 0 Å². The zero-order chi connectivity index (χ0) is 9.26. The van der Waals surface area contributed by atoms with Gasteiger partial charge in [0.05, 0.1) is 11.8 Å². The van der Waals surface area contributed by atoms with E-state index in [9.17, 15) is 9.59 Å². The molecule has 2 rings (SSSR count). The number of ether oxygens (including phenoxy) is 1. The third-order valence-electron chi connectivity index (χ3n) is 2.43. The number of carbonyl (C=O) groups is 2. The summed E-state index contributed by atoms with van der Waals surface area (Å²) in [6, 6.07) is 0. The molecule has 0 aromatic heterocycles. The molecule has 72 valence electrons. The van der Waals surface area contributed by atoms with Crippen molar-refractivity contribution in [2.75, 3.05) is 26.2 Å². The molecule has 2 aliphatic heterocycles. The Morgan fingerprint density at radius 1 is 0.923 bits per heavy atom. The van der Waals surface area contributed by atoms with Gasteiger partial charge in [0.1, 0.15) is 0 Å². The van der Waals surface area contributed by atoms with Crippen LogP contribution >= 0.6 is 0 Å². The van der Waals surface area contributed by atoms with Gasteiger partial charge in [-0.2, -0.15) is 0 Å². The first-order valence-electron chi connectivity index (χ1n) is 4.44. The fourth-order valence-electron chi connectivity index (χ4n) is 1.18. The van der Waals surface area contributed by atoms with Crippen molar-refractivity contribution in [1.82, 2.24) is 10.6 Å². The second-order valence-corrected chi connectivity index (χ2v) is 3.45. The molecule has 13 heavy (non-hydrogen) atoms. The summed E-state index contributed by atoms with van der Waals surface area (Å²) in [7, 11) is 0. The second kappa shape index (κ2) is 3.43. The van der Waals surface area contributed by atoms with Crippen molar-refractivity contribution < 1.29 is 14.3 Å². The molecule has 0 radical (unpaired) electrons. The average Bonchev–Trinajstić information content (AvgIpc) is 1.76. The molecule has 2 saturated heterocycles. The molecule has 0 amide bonds. The standard InChI is InChI=1S/C8H12N2O3/c11-7(5-1-9-2-5)13-8(12)6-3-10-4-6/h5-6,9-10H,1-4H2. The van der Waals surface area contributed by atoms with E-state index in [0.29, 0.717) is 26.2 Å². The van der Waals surface area contributed by atoms with Crippen LogP contribution in [0.1, 0.15) is 0 Å². The van der Waals surface area contributed by atoms with Gasteiger partial charge in [-0.05, 0) is 0 Å². The molecule has 2 fully saturated rings. The number of nitrogens with one attached hydrogen (secondary N) is 2. The maximum atomic E-state index is 11.2. The fourth-order valence-corrected chi connectivity index (χ4v) is 1.18. The highest BCUT2D eigenvalue weighted by Crippen LogP contribution is 2.10. The maximum Gasteiger partial charge on any atom is 0.319 e. The monoisotopic (exact) mass is 184 g/mol. The van der Waals surface area contributed by atoms with Crippen LogP contribution in [0, 0.1) is 11.8 Å². The highest BCUT2D eigenvalue weighted by atomic mass is 16.6. The number of esters is 2. The van der Waals surface area contributed by atoms with E-state index < -0.39 is 0 Å². The molecule has 5 heteroatoms. The summed E-state index contributed by atoms with van der Waals surface area (Å²) in [6.07, 6.45) is 0. The lowest BCUT2D eigenvalue weighted by Crippen LogP contribution is -2.51. The van der Waals surface area contributed by atoms with Gasteiger partial charge in [-0.3, -0.25) is 9.59 Å². The van der Waals surface area contributed by atoms with Crippen molar-refractivity contribution in [3.8, 4) is 0 Å². The Bertz CT molecular complexity index is 210.